The Labute approximate surface area is 98.5 Å². The number of nitro groups is 1. The van der Waals surface area contributed by atoms with E-state index in [1.807, 2.05) is 6.07 Å². The zero-order chi connectivity index (χ0) is 12.4. The molecule has 0 saturated carbocycles. The zero-order valence-corrected chi connectivity index (χ0v) is 9.20. The summed E-state index contributed by atoms with van der Waals surface area (Å²) in [4.78, 5) is 10.2. The van der Waals surface area contributed by atoms with Crippen LogP contribution in [0.5, 0.6) is 5.75 Å². The Kier molecular flexibility index (Phi) is 3.10. The lowest BCUT2D eigenvalue weighted by molar-refractivity contribution is -0.539. The third kappa shape index (κ3) is 2.01. The zero-order valence-electron chi connectivity index (χ0n) is 9.20. The lowest BCUT2D eigenvalue weighted by atomic mass is 9.96. The van der Waals surface area contributed by atoms with E-state index in [0.717, 1.165) is 5.56 Å². The van der Waals surface area contributed by atoms with E-state index in [-0.39, 0.29) is 6.61 Å². The van der Waals surface area contributed by atoms with Crippen LogP contribution >= 0.6 is 0 Å². The van der Waals surface area contributed by atoms with Gasteiger partial charge in [-0.15, -0.1) is 6.58 Å². The summed E-state index contributed by atoms with van der Waals surface area (Å²) in [6.07, 6.45) is 1.22. The summed E-state index contributed by atoms with van der Waals surface area (Å²) in [6.45, 7) is 3.54. The fourth-order valence-electron chi connectivity index (χ4n) is 1.97. The van der Waals surface area contributed by atoms with Gasteiger partial charge >= 0.3 is 0 Å². The second-order valence-corrected chi connectivity index (χ2v) is 3.94. The van der Waals surface area contributed by atoms with E-state index in [1.165, 1.54) is 0 Å². The second kappa shape index (κ2) is 4.55. The topological polar surface area (TPSA) is 72.6 Å². The Morgan fingerprint density at radius 3 is 3.06 bits per heavy atom. The fraction of sp³-hybridized carbons (Fsp3) is 0.333. The number of para-hydroxylation sites is 1. The number of aliphatic hydroxyl groups is 1. The molecule has 5 nitrogen and oxygen atoms in total. The van der Waals surface area contributed by atoms with E-state index in [1.54, 1.807) is 18.2 Å². The standard InChI is InChI=1S/C12H13NO4/c1-2-4-8-5-3-6-9-11(14)10(13(15)16)7-17-12(8)9/h2-3,5-6,10-11,14H,1,4,7H2/t10?,11-/m0/s1. The maximum absolute atomic E-state index is 10.7. The van der Waals surface area contributed by atoms with Crippen LogP contribution in [0.1, 0.15) is 17.2 Å². The van der Waals surface area contributed by atoms with Crippen molar-refractivity contribution in [1.82, 2.24) is 0 Å². The van der Waals surface area contributed by atoms with Crippen LogP contribution in [0.4, 0.5) is 0 Å². The minimum Gasteiger partial charge on any atom is -0.486 e. The van der Waals surface area contributed by atoms with E-state index in [0.29, 0.717) is 17.7 Å². The molecule has 1 N–H and O–H groups in total. The highest BCUT2D eigenvalue weighted by atomic mass is 16.6. The molecule has 1 heterocycles. The molecule has 0 fully saturated rings. The SMILES string of the molecule is C=CCc1cccc2c1OCC([N+](=O)[O-])[C@H]2O. The van der Waals surface area contributed by atoms with Crippen LogP contribution in [0, 0.1) is 10.1 Å². The Bertz CT molecular complexity index is 458. The average Bonchev–Trinajstić information content (AvgIpc) is 2.30. The molecule has 5 heteroatoms. The van der Waals surface area contributed by atoms with Gasteiger partial charge in [-0.1, -0.05) is 24.3 Å². The van der Waals surface area contributed by atoms with Gasteiger partial charge < -0.3 is 9.84 Å². The van der Waals surface area contributed by atoms with Crippen molar-refractivity contribution in [2.24, 2.45) is 0 Å². The predicted octanol–water partition coefficient (Wildman–Crippen LogP) is 1.49. The van der Waals surface area contributed by atoms with Gasteiger partial charge in [-0.3, -0.25) is 10.1 Å². The Morgan fingerprint density at radius 1 is 1.65 bits per heavy atom. The summed E-state index contributed by atoms with van der Waals surface area (Å²) in [7, 11) is 0. The van der Waals surface area contributed by atoms with Crippen molar-refractivity contribution >= 4 is 0 Å². The number of fused-ring (bicyclic) bond motifs is 1. The second-order valence-electron chi connectivity index (χ2n) is 3.94. The number of aliphatic hydroxyl groups excluding tert-OH is 1. The van der Waals surface area contributed by atoms with Crippen molar-refractivity contribution < 1.29 is 14.8 Å². The summed E-state index contributed by atoms with van der Waals surface area (Å²) in [5.74, 6) is 0.554. The molecule has 1 aliphatic heterocycles. The van der Waals surface area contributed by atoms with E-state index in [9.17, 15) is 15.2 Å². The third-order valence-electron chi connectivity index (χ3n) is 2.84. The number of allylic oxidation sites excluding steroid dienone is 1. The molecule has 0 amide bonds. The highest BCUT2D eigenvalue weighted by Crippen LogP contribution is 2.36. The summed E-state index contributed by atoms with van der Waals surface area (Å²) < 4.78 is 5.40. The lowest BCUT2D eigenvalue weighted by Gasteiger charge is -2.26. The molecule has 1 aromatic rings. The highest BCUT2D eigenvalue weighted by molar-refractivity contribution is 5.45. The largest absolute Gasteiger partial charge is 0.486 e. The molecule has 2 rings (SSSR count). The smallest absolute Gasteiger partial charge is 0.276 e. The molecule has 0 aliphatic carbocycles. The minimum absolute atomic E-state index is 0.102. The summed E-state index contributed by atoms with van der Waals surface area (Å²) in [6, 6.07) is 4.18. The van der Waals surface area contributed by atoms with Crippen molar-refractivity contribution in [2.75, 3.05) is 6.61 Å². The molecule has 0 aromatic heterocycles. The van der Waals surface area contributed by atoms with E-state index < -0.39 is 17.1 Å². The van der Waals surface area contributed by atoms with Gasteiger partial charge in [0.25, 0.3) is 6.04 Å². The lowest BCUT2D eigenvalue weighted by Crippen LogP contribution is -2.37. The Morgan fingerprint density at radius 2 is 2.41 bits per heavy atom. The number of hydrogen-bond acceptors (Lipinski definition) is 4. The molecule has 90 valence electrons. The fourth-order valence-corrected chi connectivity index (χ4v) is 1.97. The summed E-state index contributed by atoms with van der Waals surface area (Å²) >= 11 is 0. The molecule has 0 saturated heterocycles. The molecule has 0 radical (unpaired) electrons. The van der Waals surface area contributed by atoms with E-state index in [2.05, 4.69) is 6.58 Å². The van der Waals surface area contributed by atoms with Crippen LogP contribution in [0.2, 0.25) is 0 Å². The normalized spacial score (nSPS) is 22.4. The summed E-state index contributed by atoms with van der Waals surface area (Å²) in [5.41, 5.74) is 1.37. The summed E-state index contributed by atoms with van der Waals surface area (Å²) in [5, 5.41) is 20.7. The van der Waals surface area contributed by atoms with Crippen molar-refractivity contribution in [3.05, 3.63) is 52.1 Å². The molecule has 1 unspecified atom stereocenters. The number of hydrogen-bond donors (Lipinski definition) is 1. The monoisotopic (exact) mass is 235 g/mol. The molecule has 0 spiro atoms. The first-order valence-electron chi connectivity index (χ1n) is 5.32. The van der Waals surface area contributed by atoms with Gasteiger partial charge in [0.05, 0.1) is 0 Å². The first kappa shape index (κ1) is 11.6. The van der Waals surface area contributed by atoms with Crippen LogP contribution in [-0.2, 0) is 6.42 Å². The van der Waals surface area contributed by atoms with Crippen molar-refractivity contribution in [3.8, 4) is 5.75 Å². The Hall–Kier alpha value is -1.88. The molecule has 1 aromatic carbocycles. The van der Waals surface area contributed by atoms with E-state index >= 15 is 0 Å². The van der Waals surface area contributed by atoms with Gasteiger partial charge in [0, 0.05) is 10.5 Å². The highest BCUT2D eigenvalue weighted by Gasteiger charge is 2.38. The molecule has 1 aliphatic rings. The van der Waals surface area contributed by atoms with Crippen molar-refractivity contribution in [2.45, 2.75) is 18.6 Å². The van der Waals surface area contributed by atoms with Gasteiger partial charge in [-0.05, 0) is 12.0 Å². The van der Waals surface area contributed by atoms with E-state index in [4.69, 9.17) is 4.74 Å². The first-order valence-corrected chi connectivity index (χ1v) is 5.32. The maximum atomic E-state index is 10.7. The van der Waals surface area contributed by atoms with Crippen LogP contribution in [0.25, 0.3) is 0 Å². The predicted molar refractivity (Wildman–Crippen MR) is 61.6 cm³/mol. The van der Waals surface area contributed by atoms with Crippen molar-refractivity contribution in [1.29, 1.82) is 0 Å². The number of benzene rings is 1. The van der Waals surface area contributed by atoms with Crippen LogP contribution in [0.15, 0.2) is 30.9 Å². The molecule has 2 atom stereocenters. The maximum Gasteiger partial charge on any atom is 0.276 e. The number of ether oxygens (including phenoxy) is 1. The van der Waals surface area contributed by atoms with Gasteiger partial charge in [0.1, 0.15) is 5.75 Å². The molecular weight excluding hydrogens is 222 g/mol. The van der Waals surface area contributed by atoms with Crippen LogP contribution < -0.4 is 4.74 Å². The molecular formula is C12H13NO4. The first-order chi connectivity index (χ1) is 8.15. The molecule has 0 bridgehead atoms. The number of rotatable bonds is 3. The Balaban J connectivity index is 2.40. The minimum atomic E-state index is -1.11. The van der Waals surface area contributed by atoms with Gasteiger partial charge in [0.2, 0.25) is 0 Å². The van der Waals surface area contributed by atoms with Gasteiger partial charge in [-0.25, -0.2) is 0 Å². The average molecular weight is 235 g/mol. The quantitative estimate of drug-likeness (QED) is 0.489. The van der Waals surface area contributed by atoms with Gasteiger partial charge in [0.15, 0.2) is 12.7 Å². The number of nitrogens with zero attached hydrogens (tertiary/aromatic N) is 1. The van der Waals surface area contributed by atoms with Crippen molar-refractivity contribution in [3.63, 3.8) is 0 Å². The van der Waals surface area contributed by atoms with Gasteiger partial charge in [-0.2, -0.15) is 0 Å². The van der Waals surface area contributed by atoms with Crippen LogP contribution in [-0.4, -0.2) is 22.7 Å². The third-order valence-corrected chi connectivity index (χ3v) is 2.84. The van der Waals surface area contributed by atoms with Crippen LogP contribution in [0.3, 0.4) is 0 Å². The molecule has 17 heavy (non-hydrogen) atoms.